The summed E-state index contributed by atoms with van der Waals surface area (Å²) in [5.41, 5.74) is 2.42. The third kappa shape index (κ3) is 4.40. The number of ether oxygens (including phenoxy) is 3. The molecule has 0 bridgehead atoms. The van der Waals surface area contributed by atoms with Gasteiger partial charge in [-0.25, -0.2) is 4.39 Å². The Morgan fingerprint density at radius 3 is 2.31 bits per heavy atom. The normalized spacial score (nSPS) is 10.8. The molecule has 1 aromatic heterocycles. The predicted molar refractivity (Wildman–Crippen MR) is 122 cm³/mol. The molecule has 32 heavy (non-hydrogen) atoms. The quantitative estimate of drug-likeness (QED) is 0.335. The zero-order chi connectivity index (χ0) is 22.5. The Hall–Kier alpha value is -3.52. The average molecular weight is 452 g/mol. The van der Waals surface area contributed by atoms with E-state index < -0.39 is 0 Å². The second-order valence-electron chi connectivity index (χ2n) is 6.78. The lowest BCUT2D eigenvalue weighted by atomic mass is 10.2. The van der Waals surface area contributed by atoms with Crippen LogP contribution >= 0.6 is 11.8 Å². The summed E-state index contributed by atoms with van der Waals surface area (Å²) < 4.78 is 32.0. The Balaban J connectivity index is 1.77. The largest absolute Gasteiger partial charge is 0.497 e. The van der Waals surface area contributed by atoms with Gasteiger partial charge in [0.1, 0.15) is 23.1 Å². The number of nitrogens with zero attached hydrogens (tertiary/aromatic N) is 3. The van der Waals surface area contributed by atoms with Crippen molar-refractivity contribution in [1.82, 2.24) is 14.8 Å². The van der Waals surface area contributed by atoms with Crippen LogP contribution in [-0.4, -0.2) is 36.1 Å². The molecule has 0 aliphatic heterocycles. The van der Waals surface area contributed by atoms with Gasteiger partial charge in [-0.05, 0) is 54.6 Å². The van der Waals surface area contributed by atoms with Crippen molar-refractivity contribution in [2.75, 3.05) is 21.3 Å². The number of benzene rings is 3. The summed E-state index contributed by atoms with van der Waals surface area (Å²) in [4.78, 5) is 0. The van der Waals surface area contributed by atoms with E-state index in [0.29, 0.717) is 28.2 Å². The van der Waals surface area contributed by atoms with Gasteiger partial charge in [-0.2, -0.15) is 0 Å². The van der Waals surface area contributed by atoms with Crippen LogP contribution in [0, 0.1) is 5.82 Å². The van der Waals surface area contributed by atoms with Crippen LogP contribution in [0.2, 0.25) is 0 Å². The molecule has 0 saturated carbocycles. The van der Waals surface area contributed by atoms with Crippen molar-refractivity contribution < 1.29 is 18.6 Å². The molecular formula is C24H22FN3O3S. The lowest BCUT2D eigenvalue weighted by Gasteiger charge is -2.13. The molecule has 0 fully saturated rings. The lowest BCUT2D eigenvalue weighted by Crippen LogP contribution is -2.01. The Morgan fingerprint density at radius 1 is 0.844 bits per heavy atom. The minimum absolute atomic E-state index is 0.312. The minimum atomic E-state index is -0.312. The highest BCUT2D eigenvalue weighted by molar-refractivity contribution is 7.98. The van der Waals surface area contributed by atoms with E-state index in [1.807, 2.05) is 53.1 Å². The maximum absolute atomic E-state index is 13.8. The van der Waals surface area contributed by atoms with Crippen molar-refractivity contribution in [3.63, 3.8) is 0 Å². The fourth-order valence-corrected chi connectivity index (χ4v) is 4.26. The lowest BCUT2D eigenvalue weighted by molar-refractivity contribution is 0.410. The van der Waals surface area contributed by atoms with E-state index >= 15 is 0 Å². The molecule has 4 aromatic rings. The summed E-state index contributed by atoms with van der Waals surface area (Å²) in [7, 11) is 4.82. The molecule has 0 aliphatic carbocycles. The number of methoxy groups -OCH3 is 3. The van der Waals surface area contributed by atoms with Gasteiger partial charge in [0.05, 0.1) is 32.6 Å². The number of hydrogen-bond donors (Lipinski definition) is 0. The highest BCUT2D eigenvalue weighted by atomic mass is 32.2. The van der Waals surface area contributed by atoms with Crippen molar-refractivity contribution in [3.8, 4) is 34.3 Å². The Labute approximate surface area is 190 Å². The first-order chi connectivity index (χ1) is 15.6. The highest BCUT2D eigenvalue weighted by Crippen LogP contribution is 2.35. The summed E-state index contributed by atoms with van der Waals surface area (Å²) >= 11 is 1.44. The van der Waals surface area contributed by atoms with E-state index in [2.05, 4.69) is 10.2 Å². The molecular weight excluding hydrogens is 429 g/mol. The summed E-state index contributed by atoms with van der Waals surface area (Å²) in [6, 6.07) is 19.8. The summed E-state index contributed by atoms with van der Waals surface area (Å²) in [5.74, 6) is 2.85. The number of aromatic nitrogens is 3. The molecule has 0 aliphatic rings. The van der Waals surface area contributed by atoms with Crippen molar-refractivity contribution in [1.29, 1.82) is 0 Å². The molecule has 0 radical (unpaired) electrons. The van der Waals surface area contributed by atoms with Crippen LogP contribution in [0.15, 0.2) is 71.9 Å². The molecule has 3 aromatic carbocycles. The van der Waals surface area contributed by atoms with E-state index in [9.17, 15) is 4.39 Å². The van der Waals surface area contributed by atoms with Crippen LogP contribution in [0.25, 0.3) is 17.1 Å². The van der Waals surface area contributed by atoms with E-state index in [0.717, 1.165) is 22.6 Å². The molecule has 0 saturated heterocycles. The first-order valence-electron chi connectivity index (χ1n) is 9.83. The zero-order valence-electron chi connectivity index (χ0n) is 17.9. The van der Waals surface area contributed by atoms with Gasteiger partial charge < -0.3 is 14.2 Å². The van der Waals surface area contributed by atoms with Crippen LogP contribution < -0.4 is 14.2 Å². The van der Waals surface area contributed by atoms with E-state index in [1.165, 1.54) is 23.9 Å². The van der Waals surface area contributed by atoms with Crippen molar-refractivity contribution in [2.45, 2.75) is 10.9 Å². The molecule has 0 unspecified atom stereocenters. The molecule has 0 N–H and O–H groups in total. The molecule has 0 atom stereocenters. The number of para-hydroxylation sites is 1. The second kappa shape index (κ2) is 9.74. The van der Waals surface area contributed by atoms with Gasteiger partial charge in [0.15, 0.2) is 11.0 Å². The maximum Gasteiger partial charge on any atom is 0.196 e. The summed E-state index contributed by atoms with van der Waals surface area (Å²) in [5, 5.41) is 9.55. The molecule has 0 spiro atoms. The zero-order valence-corrected chi connectivity index (χ0v) is 18.7. The first-order valence-corrected chi connectivity index (χ1v) is 10.8. The molecule has 1 heterocycles. The van der Waals surface area contributed by atoms with Crippen LogP contribution in [0.4, 0.5) is 4.39 Å². The van der Waals surface area contributed by atoms with Crippen molar-refractivity contribution in [3.05, 3.63) is 78.1 Å². The minimum Gasteiger partial charge on any atom is -0.497 e. The molecule has 4 rings (SSSR count). The molecule has 0 amide bonds. The van der Waals surface area contributed by atoms with Crippen LogP contribution in [0.3, 0.4) is 0 Å². The van der Waals surface area contributed by atoms with Gasteiger partial charge in [-0.3, -0.25) is 4.57 Å². The highest BCUT2D eigenvalue weighted by Gasteiger charge is 2.19. The maximum atomic E-state index is 13.8. The third-order valence-electron chi connectivity index (χ3n) is 4.91. The monoisotopic (exact) mass is 451 g/mol. The Morgan fingerprint density at radius 2 is 1.59 bits per heavy atom. The summed E-state index contributed by atoms with van der Waals surface area (Å²) in [6.07, 6.45) is 0. The standard InChI is InChI=1S/C24H22FN3O3S/c1-29-19-11-9-18(10-12-19)28-23(20-6-4-5-7-22(20)31-3)26-27-24(28)32-15-16-14-17(25)8-13-21(16)30-2/h4-14H,15H2,1-3H3. The van der Waals surface area contributed by atoms with E-state index in [1.54, 1.807) is 27.4 Å². The van der Waals surface area contributed by atoms with Crippen LogP contribution in [-0.2, 0) is 5.75 Å². The SMILES string of the molecule is COc1ccc(-n2c(SCc3cc(F)ccc3OC)nnc2-c2ccccc2OC)cc1. The molecule has 164 valence electrons. The first kappa shape index (κ1) is 21.7. The number of thioether (sulfide) groups is 1. The number of halogens is 1. The molecule has 8 heteroatoms. The number of hydrogen-bond acceptors (Lipinski definition) is 6. The molecule has 6 nitrogen and oxygen atoms in total. The van der Waals surface area contributed by atoms with E-state index in [4.69, 9.17) is 14.2 Å². The predicted octanol–water partition coefficient (Wildman–Crippen LogP) is 5.39. The van der Waals surface area contributed by atoms with Gasteiger partial charge in [0, 0.05) is 11.3 Å². The van der Waals surface area contributed by atoms with Gasteiger partial charge >= 0.3 is 0 Å². The van der Waals surface area contributed by atoms with Gasteiger partial charge in [0.25, 0.3) is 0 Å². The van der Waals surface area contributed by atoms with Crippen LogP contribution in [0.1, 0.15) is 5.56 Å². The van der Waals surface area contributed by atoms with Gasteiger partial charge in [-0.1, -0.05) is 23.9 Å². The van der Waals surface area contributed by atoms with Gasteiger partial charge in [0.2, 0.25) is 0 Å². The fourth-order valence-electron chi connectivity index (χ4n) is 3.33. The summed E-state index contributed by atoms with van der Waals surface area (Å²) in [6.45, 7) is 0. The fraction of sp³-hybridized carbons (Fsp3) is 0.167. The second-order valence-corrected chi connectivity index (χ2v) is 7.73. The van der Waals surface area contributed by atoms with Crippen LogP contribution in [0.5, 0.6) is 17.2 Å². The van der Waals surface area contributed by atoms with E-state index in [-0.39, 0.29) is 5.82 Å². The average Bonchev–Trinajstić information content (AvgIpc) is 3.26. The Bertz CT molecular complexity index is 1210. The van der Waals surface area contributed by atoms with Crippen molar-refractivity contribution >= 4 is 11.8 Å². The third-order valence-corrected chi connectivity index (χ3v) is 5.89. The van der Waals surface area contributed by atoms with Crippen molar-refractivity contribution in [2.24, 2.45) is 0 Å². The van der Waals surface area contributed by atoms with Gasteiger partial charge in [-0.15, -0.1) is 10.2 Å². The smallest absolute Gasteiger partial charge is 0.196 e. The Kier molecular flexibility index (Phi) is 6.61. The topological polar surface area (TPSA) is 58.4 Å². The number of rotatable bonds is 8.